The van der Waals surface area contributed by atoms with Crippen LogP contribution in [0.5, 0.6) is 0 Å². The summed E-state index contributed by atoms with van der Waals surface area (Å²) in [4.78, 5) is 0.683. The third-order valence-corrected chi connectivity index (χ3v) is 13.2. The minimum atomic E-state index is 0.408. The minimum absolute atomic E-state index is 0.408. The van der Waals surface area contributed by atoms with E-state index in [9.17, 15) is 0 Å². The fourth-order valence-electron chi connectivity index (χ4n) is 9.44. The molecule has 0 spiro atoms. The molecular formula is C30H49Br. The maximum Gasteiger partial charge on any atom is 0.0200 e. The number of fused-ring (bicyclic) bond motifs is 4. The first-order chi connectivity index (χ1) is 14.4. The quantitative estimate of drug-likeness (QED) is 0.272. The van der Waals surface area contributed by atoms with Crippen LogP contribution in [0.2, 0.25) is 0 Å². The Bertz CT molecular complexity index is 767. The lowest BCUT2D eigenvalue weighted by molar-refractivity contribution is -0.0155. The lowest BCUT2D eigenvalue weighted by atomic mass is 9.43. The van der Waals surface area contributed by atoms with Gasteiger partial charge >= 0.3 is 0 Å². The molecule has 31 heavy (non-hydrogen) atoms. The van der Waals surface area contributed by atoms with Crippen LogP contribution in [0.4, 0.5) is 0 Å². The van der Waals surface area contributed by atoms with Gasteiger partial charge in [0, 0.05) is 4.83 Å². The molecule has 0 aromatic carbocycles. The molecule has 4 rings (SSSR count). The molecule has 0 saturated heterocycles. The Morgan fingerprint density at radius 2 is 1.68 bits per heavy atom. The van der Waals surface area contributed by atoms with Crippen molar-refractivity contribution in [2.45, 2.75) is 124 Å². The standard InChI is InChI=1S/C30H49Br/c1-20(2)10-9-11-21(3)22-14-18-30(8)24-12-13-25-27(4,5)26(31)16-17-28(25,6)23(24)15-19-29(22,30)7/h10,21-22,25-26H,9,11-19H2,1-8H3/t21-,22-,25?,26?,28-,29-,30+/m1/s1. The van der Waals surface area contributed by atoms with Gasteiger partial charge in [-0.15, -0.1) is 0 Å². The number of hydrogen-bond acceptors (Lipinski definition) is 0. The Morgan fingerprint density at radius 1 is 0.968 bits per heavy atom. The van der Waals surface area contributed by atoms with Crippen molar-refractivity contribution >= 4 is 15.9 Å². The summed E-state index contributed by atoms with van der Waals surface area (Å²) in [6.45, 7) is 20.2. The van der Waals surface area contributed by atoms with Gasteiger partial charge in [-0.25, -0.2) is 0 Å². The third-order valence-electron chi connectivity index (χ3n) is 11.6. The molecule has 7 atom stereocenters. The van der Waals surface area contributed by atoms with Gasteiger partial charge < -0.3 is 0 Å². The minimum Gasteiger partial charge on any atom is -0.0885 e. The van der Waals surface area contributed by atoms with Gasteiger partial charge in [-0.2, -0.15) is 0 Å². The van der Waals surface area contributed by atoms with E-state index in [4.69, 9.17) is 0 Å². The van der Waals surface area contributed by atoms with Gasteiger partial charge in [0.15, 0.2) is 0 Å². The van der Waals surface area contributed by atoms with Crippen molar-refractivity contribution in [1.29, 1.82) is 0 Å². The molecule has 2 saturated carbocycles. The molecule has 0 heterocycles. The highest BCUT2D eigenvalue weighted by Gasteiger charge is 2.63. The maximum absolute atomic E-state index is 4.08. The molecule has 176 valence electrons. The number of halogens is 1. The topological polar surface area (TPSA) is 0 Å². The van der Waals surface area contributed by atoms with Gasteiger partial charge in [0.05, 0.1) is 0 Å². The van der Waals surface area contributed by atoms with E-state index in [1.54, 1.807) is 0 Å². The summed E-state index contributed by atoms with van der Waals surface area (Å²) in [5.41, 5.74) is 7.16. The van der Waals surface area contributed by atoms with Crippen LogP contribution in [0, 0.1) is 39.4 Å². The zero-order chi connectivity index (χ0) is 22.8. The molecule has 0 radical (unpaired) electrons. The first-order valence-electron chi connectivity index (χ1n) is 13.4. The normalized spacial score (nSPS) is 44.9. The van der Waals surface area contributed by atoms with Gasteiger partial charge in [-0.3, -0.25) is 0 Å². The fraction of sp³-hybridized carbons (Fsp3) is 0.867. The van der Waals surface area contributed by atoms with E-state index in [-0.39, 0.29) is 0 Å². The second-order valence-corrected chi connectivity index (χ2v) is 14.6. The Balaban J connectivity index is 1.65. The first-order valence-corrected chi connectivity index (χ1v) is 14.3. The molecule has 0 aromatic rings. The summed E-state index contributed by atoms with van der Waals surface area (Å²) in [5, 5.41) is 0. The van der Waals surface area contributed by atoms with Gasteiger partial charge in [0.2, 0.25) is 0 Å². The average Bonchev–Trinajstić information content (AvgIpc) is 2.96. The van der Waals surface area contributed by atoms with Crippen LogP contribution in [0.15, 0.2) is 22.8 Å². The van der Waals surface area contributed by atoms with Crippen molar-refractivity contribution in [3.05, 3.63) is 22.8 Å². The molecule has 0 N–H and O–H groups in total. The maximum atomic E-state index is 4.08. The highest BCUT2D eigenvalue weighted by Crippen LogP contribution is 2.72. The van der Waals surface area contributed by atoms with Crippen LogP contribution in [0.25, 0.3) is 0 Å². The molecule has 0 amide bonds. The van der Waals surface area contributed by atoms with E-state index < -0.39 is 0 Å². The Morgan fingerprint density at radius 3 is 2.35 bits per heavy atom. The lowest BCUT2D eigenvalue weighted by Gasteiger charge is -2.62. The molecule has 1 heteroatoms. The molecule has 4 aliphatic carbocycles. The molecule has 0 nitrogen and oxygen atoms in total. The van der Waals surface area contributed by atoms with Crippen molar-refractivity contribution in [3.63, 3.8) is 0 Å². The van der Waals surface area contributed by atoms with Crippen molar-refractivity contribution in [1.82, 2.24) is 0 Å². The number of alkyl halides is 1. The summed E-state index contributed by atoms with van der Waals surface area (Å²) < 4.78 is 0. The van der Waals surface area contributed by atoms with Crippen LogP contribution in [-0.2, 0) is 0 Å². The highest BCUT2D eigenvalue weighted by atomic mass is 79.9. The van der Waals surface area contributed by atoms with Crippen molar-refractivity contribution < 1.29 is 0 Å². The zero-order valence-corrected chi connectivity index (χ0v) is 23.4. The van der Waals surface area contributed by atoms with E-state index in [1.165, 1.54) is 69.8 Å². The molecule has 4 aliphatic rings. The summed E-state index contributed by atoms with van der Waals surface area (Å²) in [5.74, 6) is 2.58. The van der Waals surface area contributed by atoms with Crippen LogP contribution in [0.1, 0.15) is 120 Å². The second kappa shape index (κ2) is 8.02. The Kier molecular flexibility index (Phi) is 6.24. The lowest BCUT2D eigenvalue weighted by Crippen LogP contribution is -2.54. The molecule has 0 aromatic heterocycles. The van der Waals surface area contributed by atoms with E-state index in [2.05, 4.69) is 77.4 Å². The van der Waals surface area contributed by atoms with Gasteiger partial charge in [0.25, 0.3) is 0 Å². The summed E-state index contributed by atoms with van der Waals surface area (Å²) in [6, 6.07) is 0. The Hall–Kier alpha value is -0.0400. The van der Waals surface area contributed by atoms with Gasteiger partial charge in [0.1, 0.15) is 0 Å². The van der Waals surface area contributed by atoms with Crippen LogP contribution < -0.4 is 0 Å². The molecule has 0 bridgehead atoms. The predicted molar refractivity (Wildman–Crippen MR) is 140 cm³/mol. The molecule has 2 unspecified atom stereocenters. The van der Waals surface area contributed by atoms with E-state index in [0.29, 0.717) is 26.5 Å². The molecule has 0 aliphatic heterocycles. The van der Waals surface area contributed by atoms with E-state index in [0.717, 1.165) is 17.8 Å². The van der Waals surface area contributed by atoms with E-state index in [1.807, 2.05) is 11.1 Å². The monoisotopic (exact) mass is 488 g/mol. The summed E-state index contributed by atoms with van der Waals surface area (Å²) in [7, 11) is 0. The van der Waals surface area contributed by atoms with Gasteiger partial charge in [-0.05, 0) is 117 Å². The van der Waals surface area contributed by atoms with E-state index >= 15 is 0 Å². The molecule has 2 fully saturated rings. The van der Waals surface area contributed by atoms with Crippen molar-refractivity contribution in [2.75, 3.05) is 0 Å². The number of allylic oxidation sites excluding steroid dienone is 4. The Labute approximate surface area is 202 Å². The highest BCUT2D eigenvalue weighted by molar-refractivity contribution is 9.09. The summed E-state index contributed by atoms with van der Waals surface area (Å²) >= 11 is 4.08. The third kappa shape index (κ3) is 3.49. The number of rotatable bonds is 4. The SMILES string of the molecule is CC(C)=CCC[C@@H](C)[C@H]1CC[C@@]2(C)C3=C(CC[C@]12C)[C@@]1(C)CCC(Br)C(C)(C)C1CC3. The van der Waals surface area contributed by atoms with Crippen LogP contribution in [-0.4, -0.2) is 4.83 Å². The predicted octanol–water partition coefficient (Wildman–Crippen LogP) is 9.88. The smallest absolute Gasteiger partial charge is 0.0200 e. The largest absolute Gasteiger partial charge is 0.0885 e. The zero-order valence-electron chi connectivity index (χ0n) is 21.8. The average molecular weight is 490 g/mol. The van der Waals surface area contributed by atoms with Gasteiger partial charge in [-0.1, -0.05) is 80.3 Å². The van der Waals surface area contributed by atoms with Crippen LogP contribution in [0.3, 0.4) is 0 Å². The molecular weight excluding hydrogens is 440 g/mol. The van der Waals surface area contributed by atoms with Crippen molar-refractivity contribution in [2.24, 2.45) is 39.4 Å². The van der Waals surface area contributed by atoms with Crippen molar-refractivity contribution in [3.8, 4) is 0 Å². The summed E-state index contributed by atoms with van der Waals surface area (Å²) in [6.07, 6.45) is 16.3. The fourth-order valence-corrected chi connectivity index (χ4v) is 9.99. The first kappa shape index (κ1) is 24.1. The number of hydrogen-bond donors (Lipinski definition) is 0. The second-order valence-electron chi connectivity index (χ2n) is 13.5. The van der Waals surface area contributed by atoms with Crippen LogP contribution >= 0.6 is 15.9 Å².